The molecule has 0 spiro atoms. The van der Waals surface area contributed by atoms with E-state index in [0.717, 1.165) is 0 Å². The van der Waals surface area contributed by atoms with Gasteiger partial charge in [-0.3, -0.25) is 0 Å². The molecular weight excluding hydrogens is 468 g/mol. The topological polar surface area (TPSA) is 120 Å². The van der Waals surface area contributed by atoms with Crippen LogP contribution in [0.5, 0.6) is 17.2 Å². The molecule has 4 rings (SSSR count). The standard InChI is InChI=1S/C22H22N2O7S2/c1-29-20-5-3-2-4-17(20)14-24-33(27,28)19-9-7-18(8-10-19)32(25,26)23-13-16-6-11-21-22(12-16)31-15-30-21/h2-12,23-24H,13-15H2,1H3. The van der Waals surface area contributed by atoms with Gasteiger partial charge in [0.2, 0.25) is 26.8 Å². The average molecular weight is 491 g/mol. The number of methoxy groups -OCH3 is 1. The van der Waals surface area contributed by atoms with Crippen LogP contribution in [-0.4, -0.2) is 30.7 Å². The Bertz CT molecular complexity index is 1360. The van der Waals surface area contributed by atoms with Crippen LogP contribution in [-0.2, 0) is 33.1 Å². The van der Waals surface area contributed by atoms with Crippen LogP contribution in [0.25, 0.3) is 0 Å². The maximum absolute atomic E-state index is 12.6. The lowest BCUT2D eigenvalue weighted by Crippen LogP contribution is -2.25. The molecule has 0 saturated carbocycles. The quantitative estimate of drug-likeness (QED) is 0.473. The molecule has 3 aromatic carbocycles. The first kappa shape index (κ1) is 23.1. The van der Waals surface area contributed by atoms with Crippen molar-refractivity contribution < 1.29 is 31.0 Å². The second-order valence-corrected chi connectivity index (χ2v) is 10.7. The molecule has 174 valence electrons. The van der Waals surface area contributed by atoms with Gasteiger partial charge in [0, 0.05) is 18.7 Å². The Morgan fingerprint density at radius 1 is 0.788 bits per heavy atom. The fraction of sp³-hybridized carbons (Fsp3) is 0.182. The lowest BCUT2D eigenvalue weighted by Gasteiger charge is -2.11. The van der Waals surface area contributed by atoms with Crippen LogP contribution in [0.3, 0.4) is 0 Å². The van der Waals surface area contributed by atoms with Gasteiger partial charge in [-0.15, -0.1) is 0 Å². The first-order chi connectivity index (χ1) is 15.8. The number of nitrogens with one attached hydrogen (secondary N) is 2. The van der Waals surface area contributed by atoms with E-state index in [0.29, 0.717) is 28.4 Å². The van der Waals surface area contributed by atoms with E-state index in [9.17, 15) is 16.8 Å². The summed E-state index contributed by atoms with van der Waals surface area (Å²) >= 11 is 0. The van der Waals surface area contributed by atoms with Gasteiger partial charge in [-0.2, -0.15) is 0 Å². The summed E-state index contributed by atoms with van der Waals surface area (Å²) in [5, 5.41) is 0. The molecule has 9 nitrogen and oxygen atoms in total. The fourth-order valence-corrected chi connectivity index (χ4v) is 5.24. The van der Waals surface area contributed by atoms with Gasteiger partial charge in [-0.25, -0.2) is 26.3 Å². The molecule has 11 heteroatoms. The highest BCUT2D eigenvalue weighted by Crippen LogP contribution is 2.32. The van der Waals surface area contributed by atoms with Crippen molar-refractivity contribution in [2.45, 2.75) is 22.9 Å². The van der Waals surface area contributed by atoms with E-state index in [1.165, 1.54) is 31.4 Å². The van der Waals surface area contributed by atoms with Gasteiger partial charge in [0.05, 0.1) is 16.9 Å². The SMILES string of the molecule is COc1ccccc1CNS(=O)(=O)c1ccc(S(=O)(=O)NCc2ccc3c(c2)OCO3)cc1. The van der Waals surface area contributed by atoms with Crippen molar-refractivity contribution in [3.63, 3.8) is 0 Å². The summed E-state index contributed by atoms with van der Waals surface area (Å²) in [7, 11) is -6.20. The number of fused-ring (bicyclic) bond motifs is 1. The van der Waals surface area contributed by atoms with Crippen molar-refractivity contribution in [2.75, 3.05) is 13.9 Å². The molecule has 1 heterocycles. The molecular formula is C22H22N2O7S2. The lowest BCUT2D eigenvalue weighted by molar-refractivity contribution is 0.174. The van der Waals surface area contributed by atoms with Crippen LogP contribution in [0.15, 0.2) is 76.5 Å². The summed E-state index contributed by atoms with van der Waals surface area (Å²) in [6.07, 6.45) is 0. The Kier molecular flexibility index (Phi) is 6.56. The summed E-state index contributed by atoms with van der Waals surface area (Å²) < 4.78 is 71.3. The minimum atomic E-state index is -3.85. The molecule has 1 aliphatic rings. The molecule has 2 N–H and O–H groups in total. The van der Waals surface area contributed by atoms with Gasteiger partial charge in [0.25, 0.3) is 0 Å². The highest BCUT2D eigenvalue weighted by molar-refractivity contribution is 7.90. The highest BCUT2D eigenvalue weighted by atomic mass is 32.2. The Morgan fingerprint density at radius 2 is 1.39 bits per heavy atom. The van der Waals surface area contributed by atoms with Crippen molar-refractivity contribution in [2.24, 2.45) is 0 Å². The van der Waals surface area contributed by atoms with E-state index in [1.807, 2.05) is 0 Å². The molecule has 0 aromatic heterocycles. The smallest absolute Gasteiger partial charge is 0.240 e. The van der Waals surface area contributed by atoms with Crippen molar-refractivity contribution in [1.82, 2.24) is 9.44 Å². The third kappa shape index (κ3) is 5.28. The summed E-state index contributed by atoms with van der Waals surface area (Å²) in [5.41, 5.74) is 1.37. The molecule has 0 bridgehead atoms. The molecule has 1 aliphatic heterocycles. The average Bonchev–Trinajstić information content (AvgIpc) is 3.30. The first-order valence-electron chi connectivity index (χ1n) is 9.88. The Morgan fingerprint density at radius 3 is 2.06 bits per heavy atom. The van der Waals surface area contributed by atoms with Crippen LogP contribution in [0, 0.1) is 0 Å². The number of ether oxygens (including phenoxy) is 3. The maximum atomic E-state index is 12.6. The Balaban J connectivity index is 1.42. The molecule has 3 aromatic rings. The van der Waals surface area contributed by atoms with Crippen LogP contribution in [0.4, 0.5) is 0 Å². The third-order valence-corrected chi connectivity index (χ3v) is 7.83. The number of para-hydroxylation sites is 1. The van der Waals surface area contributed by atoms with Gasteiger partial charge in [0.1, 0.15) is 5.75 Å². The third-order valence-electron chi connectivity index (χ3n) is 4.99. The van der Waals surface area contributed by atoms with Gasteiger partial charge in [0.15, 0.2) is 11.5 Å². The maximum Gasteiger partial charge on any atom is 0.240 e. The zero-order valence-corrected chi connectivity index (χ0v) is 19.3. The summed E-state index contributed by atoms with van der Waals surface area (Å²) in [6.45, 7) is 0.205. The molecule has 0 saturated heterocycles. The predicted molar refractivity (Wildman–Crippen MR) is 120 cm³/mol. The van der Waals surface area contributed by atoms with Gasteiger partial charge in [-0.1, -0.05) is 24.3 Å². The Hall–Kier alpha value is -3.12. The molecule has 0 amide bonds. The molecule has 0 atom stereocenters. The number of sulfonamides is 2. The van der Waals surface area contributed by atoms with Crippen LogP contribution < -0.4 is 23.7 Å². The van der Waals surface area contributed by atoms with Crippen molar-refractivity contribution in [1.29, 1.82) is 0 Å². The van der Waals surface area contributed by atoms with Crippen LogP contribution in [0.2, 0.25) is 0 Å². The minimum absolute atomic E-state index is 0.0312. The molecule has 33 heavy (non-hydrogen) atoms. The highest BCUT2D eigenvalue weighted by Gasteiger charge is 2.19. The summed E-state index contributed by atoms with van der Waals surface area (Å²) in [6, 6.07) is 17.2. The van der Waals surface area contributed by atoms with Crippen molar-refractivity contribution in [3.8, 4) is 17.2 Å². The van der Waals surface area contributed by atoms with Gasteiger partial charge >= 0.3 is 0 Å². The number of hydrogen-bond acceptors (Lipinski definition) is 7. The second kappa shape index (κ2) is 9.40. The first-order valence-corrected chi connectivity index (χ1v) is 12.8. The lowest BCUT2D eigenvalue weighted by atomic mass is 10.2. The zero-order chi connectivity index (χ0) is 23.5. The van der Waals surface area contributed by atoms with E-state index in [2.05, 4.69) is 9.44 Å². The Labute approximate surface area is 192 Å². The zero-order valence-electron chi connectivity index (χ0n) is 17.6. The molecule has 0 radical (unpaired) electrons. The van der Waals surface area contributed by atoms with Crippen LogP contribution in [0.1, 0.15) is 11.1 Å². The second-order valence-electron chi connectivity index (χ2n) is 7.12. The number of rotatable bonds is 9. The number of hydrogen-bond donors (Lipinski definition) is 2. The van der Waals surface area contributed by atoms with Gasteiger partial charge < -0.3 is 14.2 Å². The minimum Gasteiger partial charge on any atom is -0.496 e. The van der Waals surface area contributed by atoms with Crippen molar-refractivity contribution in [3.05, 3.63) is 77.9 Å². The summed E-state index contributed by atoms with van der Waals surface area (Å²) in [4.78, 5) is -0.0981. The fourth-order valence-electron chi connectivity index (χ4n) is 3.22. The van der Waals surface area contributed by atoms with E-state index in [1.54, 1.807) is 42.5 Å². The number of benzene rings is 3. The predicted octanol–water partition coefficient (Wildman–Crippen LogP) is 2.38. The van der Waals surface area contributed by atoms with E-state index < -0.39 is 20.0 Å². The normalized spacial score (nSPS) is 13.1. The molecule has 0 unspecified atom stereocenters. The van der Waals surface area contributed by atoms with E-state index in [-0.39, 0.29) is 29.7 Å². The monoisotopic (exact) mass is 490 g/mol. The van der Waals surface area contributed by atoms with E-state index >= 15 is 0 Å². The van der Waals surface area contributed by atoms with Crippen molar-refractivity contribution >= 4 is 20.0 Å². The van der Waals surface area contributed by atoms with Gasteiger partial charge in [-0.05, 0) is 48.0 Å². The summed E-state index contributed by atoms with van der Waals surface area (Å²) in [5.74, 6) is 1.73. The van der Waals surface area contributed by atoms with Crippen LogP contribution >= 0.6 is 0 Å². The molecule has 0 fully saturated rings. The van der Waals surface area contributed by atoms with E-state index in [4.69, 9.17) is 14.2 Å². The largest absolute Gasteiger partial charge is 0.496 e. The molecule has 0 aliphatic carbocycles.